The van der Waals surface area contributed by atoms with Gasteiger partial charge in [-0.1, -0.05) is 12.1 Å². The highest BCUT2D eigenvalue weighted by molar-refractivity contribution is 5.95. The van der Waals surface area contributed by atoms with E-state index in [1.165, 1.54) is 6.07 Å². The molecule has 134 valence electrons. The number of rotatable bonds is 6. The van der Waals surface area contributed by atoms with Crippen LogP contribution in [0.5, 0.6) is 5.75 Å². The minimum atomic E-state index is -0.724. The van der Waals surface area contributed by atoms with Crippen LogP contribution in [0.25, 0.3) is 0 Å². The number of hydrogen-bond acceptors (Lipinski definition) is 5. The molecule has 2 aromatic rings. The predicted molar refractivity (Wildman–Crippen MR) is 93.7 cm³/mol. The first-order valence-electron chi connectivity index (χ1n) is 8.09. The Morgan fingerprint density at radius 1 is 1.19 bits per heavy atom. The quantitative estimate of drug-likeness (QED) is 0.543. The number of hydrogen-bond donors (Lipinski definition) is 3. The van der Waals surface area contributed by atoms with Crippen molar-refractivity contribution in [1.29, 1.82) is 0 Å². The highest BCUT2D eigenvalue weighted by Gasteiger charge is 2.29. The van der Waals surface area contributed by atoms with Gasteiger partial charge in [-0.05, 0) is 42.7 Å². The molecule has 2 aromatic carbocycles. The van der Waals surface area contributed by atoms with Crippen molar-refractivity contribution in [2.45, 2.75) is 19.4 Å². The van der Waals surface area contributed by atoms with Crippen LogP contribution in [0.3, 0.4) is 0 Å². The Kier molecular flexibility index (Phi) is 4.83. The highest BCUT2D eigenvalue weighted by Crippen LogP contribution is 2.30. The third-order valence-electron chi connectivity index (χ3n) is 4.03. The Bertz CT molecular complexity index is 877. The molecular weight excluding hydrogens is 338 g/mol. The van der Waals surface area contributed by atoms with Crippen molar-refractivity contribution < 1.29 is 19.6 Å². The van der Waals surface area contributed by atoms with Crippen LogP contribution in [0.1, 0.15) is 28.8 Å². The monoisotopic (exact) mass is 355 g/mol. The molecule has 26 heavy (non-hydrogen) atoms. The molecule has 3 N–H and O–H groups in total. The maximum Gasteiger partial charge on any atom is 0.310 e. The summed E-state index contributed by atoms with van der Waals surface area (Å²) in [5, 5.41) is 25.8. The fourth-order valence-electron chi connectivity index (χ4n) is 2.45. The van der Waals surface area contributed by atoms with Gasteiger partial charge in [0.25, 0.3) is 5.91 Å². The van der Waals surface area contributed by atoms with Gasteiger partial charge in [-0.15, -0.1) is 0 Å². The molecule has 0 aromatic heterocycles. The maximum atomic E-state index is 12.1. The summed E-state index contributed by atoms with van der Waals surface area (Å²) in [5.41, 5.74) is 1.12. The Morgan fingerprint density at radius 2 is 1.96 bits per heavy atom. The first-order chi connectivity index (χ1) is 12.4. The molecular formula is C18H17N3O5. The lowest BCUT2D eigenvalue weighted by atomic mass is 10.1. The molecule has 0 radical (unpaired) electrons. The molecule has 3 rings (SSSR count). The van der Waals surface area contributed by atoms with Crippen LogP contribution < -0.4 is 10.6 Å². The van der Waals surface area contributed by atoms with Crippen molar-refractivity contribution in [2.24, 2.45) is 5.92 Å². The number of carbonyl (C=O) groups excluding carboxylic acids is 2. The highest BCUT2D eigenvalue weighted by atomic mass is 16.6. The number of nitrogens with one attached hydrogen (secondary N) is 2. The van der Waals surface area contributed by atoms with Crippen LogP contribution in [-0.4, -0.2) is 21.8 Å². The van der Waals surface area contributed by atoms with E-state index in [9.17, 15) is 24.8 Å². The first kappa shape index (κ1) is 17.4. The van der Waals surface area contributed by atoms with Crippen LogP contribution in [0, 0.1) is 16.0 Å². The summed E-state index contributed by atoms with van der Waals surface area (Å²) in [6.45, 7) is 0.212. The van der Waals surface area contributed by atoms with Gasteiger partial charge in [-0.25, -0.2) is 0 Å². The second-order valence-corrected chi connectivity index (χ2v) is 6.11. The van der Waals surface area contributed by atoms with E-state index in [0.717, 1.165) is 30.5 Å². The van der Waals surface area contributed by atoms with Crippen molar-refractivity contribution in [1.82, 2.24) is 5.32 Å². The molecule has 8 nitrogen and oxygen atoms in total. The summed E-state index contributed by atoms with van der Waals surface area (Å²) in [5.74, 6) is -0.921. The molecule has 0 aliphatic heterocycles. The summed E-state index contributed by atoms with van der Waals surface area (Å²) in [6.07, 6.45) is 1.84. The van der Waals surface area contributed by atoms with Gasteiger partial charge in [0.15, 0.2) is 5.75 Å². The smallest absolute Gasteiger partial charge is 0.310 e. The predicted octanol–water partition coefficient (Wildman–Crippen LogP) is 2.58. The van der Waals surface area contributed by atoms with Crippen LogP contribution in [0.15, 0.2) is 42.5 Å². The Labute approximate surface area is 149 Å². The molecule has 0 heterocycles. The Hall–Kier alpha value is -3.42. The molecule has 0 unspecified atom stereocenters. The van der Waals surface area contributed by atoms with Gasteiger partial charge < -0.3 is 15.7 Å². The molecule has 8 heteroatoms. The van der Waals surface area contributed by atoms with Crippen molar-refractivity contribution in [2.75, 3.05) is 5.32 Å². The Morgan fingerprint density at radius 3 is 2.62 bits per heavy atom. The minimum absolute atomic E-state index is 0.00698. The molecule has 0 atom stereocenters. The lowest BCUT2D eigenvalue weighted by Gasteiger charge is -2.09. The van der Waals surface area contributed by atoms with Crippen molar-refractivity contribution in [3.05, 3.63) is 63.7 Å². The lowest BCUT2D eigenvalue weighted by Crippen LogP contribution is -2.23. The van der Waals surface area contributed by atoms with Crippen LogP contribution >= 0.6 is 0 Å². The van der Waals surface area contributed by atoms with E-state index in [4.69, 9.17) is 0 Å². The number of anilines is 1. The topological polar surface area (TPSA) is 122 Å². The number of amides is 2. The number of nitro groups is 1. The normalized spacial score (nSPS) is 13.1. The number of aromatic hydroxyl groups is 1. The third kappa shape index (κ3) is 4.15. The van der Waals surface area contributed by atoms with Crippen LogP contribution in [0.2, 0.25) is 0 Å². The molecule has 1 saturated carbocycles. The fourth-order valence-corrected chi connectivity index (χ4v) is 2.45. The molecule has 1 aliphatic rings. The molecule has 0 spiro atoms. The molecule has 1 fully saturated rings. The summed E-state index contributed by atoms with van der Waals surface area (Å²) >= 11 is 0. The van der Waals surface area contributed by atoms with E-state index in [1.54, 1.807) is 24.3 Å². The SMILES string of the molecule is O=C(NCc1cccc(NC(=O)C2CC2)c1)c1ccc([N+](=O)[O-])c(O)c1. The fraction of sp³-hybridized carbons (Fsp3) is 0.222. The van der Waals surface area contributed by atoms with E-state index in [0.29, 0.717) is 5.69 Å². The number of phenols is 1. The molecule has 0 bridgehead atoms. The van der Waals surface area contributed by atoms with Crippen LogP contribution in [0.4, 0.5) is 11.4 Å². The van der Waals surface area contributed by atoms with E-state index >= 15 is 0 Å². The van der Waals surface area contributed by atoms with Gasteiger partial charge in [0, 0.05) is 29.8 Å². The van der Waals surface area contributed by atoms with Gasteiger partial charge in [0.1, 0.15) is 0 Å². The summed E-state index contributed by atoms with van der Waals surface area (Å²) in [7, 11) is 0. The zero-order valence-electron chi connectivity index (χ0n) is 13.8. The van der Waals surface area contributed by atoms with Gasteiger partial charge in [0.2, 0.25) is 5.91 Å². The lowest BCUT2D eigenvalue weighted by molar-refractivity contribution is -0.385. The molecule has 0 saturated heterocycles. The number of nitro benzene ring substituents is 1. The largest absolute Gasteiger partial charge is 0.502 e. The second kappa shape index (κ2) is 7.22. The number of phenolic OH excluding ortho intramolecular Hbond substituents is 1. The zero-order chi connectivity index (χ0) is 18.7. The summed E-state index contributed by atoms with van der Waals surface area (Å²) in [6, 6.07) is 10.5. The van der Waals surface area contributed by atoms with E-state index in [-0.39, 0.29) is 23.9 Å². The molecule has 2 amide bonds. The summed E-state index contributed by atoms with van der Waals surface area (Å²) < 4.78 is 0. The standard InChI is InChI=1S/C18H17N3O5/c22-16-9-13(6-7-15(16)21(25)26)17(23)19-10-11-2-1-3-14(8-11)20-18(24)12-4-5-12/h1-3,6-9,12,22H,4-5,10H2,(H,19,23)(H,20,24). The maximum absolute atomic E-state index is 12.1. The van der Waals surface area contributed by atoms with Gasteiger partial charge in [-0.2, -0.15) is 0 Å². The van der Waals surface area contributed by atoms with E-state index in [1.807, 2.05) is 0 Å². The minimum Gasteiger partial charge on any atom is -0.502 e. The van der Waals surface area contributed by atoms with E-state index in [2.05, 4.69) is 10.6 Å². The van der Waals surface area contributed by atoms with Crippen molar-refractivity contribution in [3.8, 4) is 5.75 Å². The Balaban J connectivity index is 1.61. The van der Waals surface area contributed by atoms with Gasteiger partial charge >= 0.3 is 5.69 Å². The van der Waals surface area contributed by atoms with Crippen molar-refractivity contribution >= 4 is 23.2 Å². The van der Waals surface area contributed by atoms with Gasteiger partial charge in [0.05, 0.1) is 4.92 Å². The van der Waals surface area contributed by atoms with E-state index < -0.39 is 22.3 Å². The number of nitrogens with zero attached hydrogens (tertiary/aromatic N) is 1. The first-order valence-corrected chi connectivity index (χ1v) is 8.09. The zero-order valence-corrected chi connectivity index (χ0v) is 13.8. The number of carbonyl (C=O) groups is 2. The van der Waals surface area contributed by atoms with Crippen molar-refractivity contribution in [3.63, 3.8) is 0 Å². The number of benzene rings is 2. The van der Waals surface area contributed by atoms with Crippen LogP contribution in [-0.2, 0) is 11.3 Å². The van der Waals surface area contributed by atoms with Gasteiger partial charge in [-0.3, -0.25) is 19.7 Å². The average Bonchev–Trinajstić information content (AvgIpc) is 3.44. The second-order valence-electron chi connectivity index (χ2n) is 6.11. The third-order valence-corrected chi connectivity index (χ3v) is 4.03. The average molecular weight is 355 g/mol. The molecule has 1 aliphatic carbocycles. The summed E-state index contributed by atoms with van der Waals surface area (Å²) in [4.78, 5) is 33.9.